The van der Waals surface area contributed by atoms with Crippen LogP contribution in [-0.4, -0.2) is 14.3 Å². The molecule has 0 bridgehead atoms. The molecule has 0 atom stereocenters. The van der Waals surface area contributed by atoms with E-state index < -0.39 is 15.9 Å². The Balaban J connectivity index is 0.00000264. The molecule has 0 unspecified atom stereocenters. The molecule has 0 heterocycles. The third-order valence-corrected chi connectivity index (χ3v) is 4.25. The van der Waals surface area contributed by atoms with Crippen LogP contribution in [0.5, 0.6) is 0 Å². The SMILES string of the molecule is Cc1cc(Br)ccc1/C([O-])=N/S(=O)(=O)/C=C/c1ccccc1.[Na+]. The third-order valence-electron chi connectivity index (χ3n) is 2.86. The summed E-state index contributed by atoms with van der Waals surface area (Å²) < 4.78 is 27.9. The predicted molar refractivity (Wildman–Crippen MR) is 89.8 cm³/mol. The number of halogens is 1. The van der Waals surface area contributed by atoms with Crippen LogP contribution in [0.25, 0.3) is 6.08 Å². The van der Waals surface area contributed by atoms with Crippen LogP contribution >= 0.6 is 15.9 Å². The second-order valence-corrected chi connectivity index (χ2v) is 6.98. The molecule has 2 aromatic carbocycles. The van der Waals surface area contributed by atoms with Crippen LogP contribution in [0.2, 0.25) is 0 Å². The van der Waals surface area contributed by atoms with Crippen LogP contribution in [0.4, 0.5) is 0 Å². The normalized spacial score (nSPS) is 12.2. The van der Waals surface area contributed by atoms with Crippen molar-refractivity contribution < 1.29 is 43.1 Å². The molecule has 0 saturated carbocycles. The van der Waals surface area contributed by atoms with Crippen molar-refractivity contribution in [2.24, 2.45) is 4.40 Å². The summed E-state index contributed by atoms with van der Waals surface area (Å²) in [7, 11) is -3.97. The number of rotatable bonds is 4. The van der Waals surface area contributed by atoms with E-state index in [1.807, 2.05) is 6.07 Å². The molecular weight excluding hydrogens is 389 g/mol. The molecule has 2 rings (SSSR count). The van der Waals surface area contributed by atoms with Gasteiger partial charge in [-0.1, -0.05) is 52.3 Å². The Hall–Kier alpha value is -0.920. The Morgan fingerprint density at radius 2 is 1.83 bits per heavy atom. The minimum atomic E-state index is -3.97. The first-order valence-electron chi connectivity index (χ1n) is 6.39. The van der Waals surface area contributed by atoms with Crippen molar-refractivity contribution in [1.82, 2.24) is 0 Å². The molecule has 0 spiro atoms. The zero-order valence-corrected chi connectivity index (χ0v) is 17.1. The maximum absolute atomic E-state index is 12.0. The summed E-state index contributed by atoms with van der Waals surface area (Å²) in [5.41, 5.74) is 1.64. The number of nitrogens with zero attached hydrogens (tertiary/aromatic N) is 1. The van der Waals surface area contributed by atoms with Gasteiger partial charge in [0.05, 0.1) is 5.41 Å². The summed E-state index contributed by atoms with van der Waals surface area (Å²) in [6, 6.07) is 13.9. The fraction of sp³-hybridized carbons (Fsp3) is 0.0625. The fourth-order valence-electron chi connectivity index (χ4n) is 1.79. The molecule has 0 fully saturated rings. The van der Waals surface area contributed by atoms with Gasteiger partial charge in [0.2, 0.25) is 0 Å². The van der Waals surface area contributed by atoms with Gasteiger partial charge in [-0.25, -0.2) is 0 Å². The molecule has 0 aromatic heterocycles. The third kappa shape index (κ3) is 6.24. The predicted octanol–water partition coefficient (Wildman–Crippen LogP) is -0.131. The second kappa shape index (κ2) is 8.80. The van der Waals surface area contributed by atoms with Gasteiger partial charge in [-0.3, -0.25) is 0 Å². The maximum atomic E-state index is 12.0. The second-order valence-electron chi connectivity index (χ2n) is 4.58. The zero-order chi connectivity index (χ0) is 16.2. The molecule has 7 heteroatoms. The standard InChI is InChI=1S/C16H14BrNO3S.Na/c1-12-11-14(17)7-8-15(12)16(19)18-22(20,21)10-9-13-5-3-2-4-6-13;/h2-11H,1H3,(H,18,19);/q;+1/p-1/b10-9+;. The van der Waals surface area contributed by atoms with E-state index in [-0.39, 0.29) is 35.1 Å². The average molecular weight is 402 g/mol. The van der Waals surface area contributed by atoms with E-state index in [0.29, 0.717) is 11.1 Å². The molecule has 0 aliphatic rings. The fourth-order valence-corrected chi connectivity index (χ4v) is 2.99. The summed E-state index contributed by atoms with van der Waals surface area (Å²) in [5, 5.41) is 12.9. The molecular formula is C16H13BrNNaO3S. The van der Waals surface area contributed by atoms with Gasteiger partial charge in [0.15, 0.2) is 0 Å². The average Bonchev–Trinajstić information content (AvgIpc) is 2.45. The summed E-state index contributed by atoms with van der Waals surface area (Å²) in [4.78, 5) is 0. The van der Waals surface area contributed by atoms with Crippen molar-refractivity contribution in [2.45, 2.75) is 6.92 Å². The minimum absolute atomic E-state index is 0. The van der Waals surface area contributed by atoms with Gasteiger partial charge >= 0.3 is 29.6 Å². The van der Waals surface area contributed by atoms with Gasteiger partial charge in [-0.2, -0.15) is 12.8 Å². The van der Waals surface area contributed by atoms with Gasteiger partial charge in [0, 0.05) is 10.4 Å². The molecule has 114 valence electrons. The molecule has 0 radical (unpaired) electrons. The molecule has 0 aliphatic carbocycles. The zero-order valence-electron chi connectivity index (χ0n) is 12.7. The molecule has 0 amide bonds. The van der Waals surface area contributed by atoms with Gasteiger partial charge in [-0.15, -0.1) is 0 Å². The summed E-state index contributed by atoms with van der Waals surface area (Å²) >= 11 is 3.29. The van der Waals surface area contributed by atoms with Crippen molar-refractivity contribution in [3.63, 3.8) is 0 Å². The number of sulfonamides is 1. The Kier molecular flexibility index (Phi) is 7.70. The number of benzene rings is 2. The van der Waals surface area contributed by atoms with Crippen molar-refractivity contribution in [2.75, 3.05) is 0 Å². The number of aryl methyl sites for hydroxylation is 1. The molecule has 0 saturated heterocycles. The Labute approximate surface area is 166 Å². The van der Waals surface area contributed by atoms with Crippen LogP contribution in [0, 0.1) is 6.92 Å². The largest absolute Gasteiger partial charge is 1.00 e. The topological polar surface area (TPSA) is 69.6 Å². The van der Waals surface area contributed by atoms with Crippen LogP contribution in [0.3, 0.4) is 0 Å². The smallest absolute Gasteiger partial charge is 0.858 e. The van der Waals surface area contributed by atoms with E-state index in [1.54, 1.807) is 49.4 Å². The van der Waals surface area contributed by atoms with Crippen LogP contribution in [0.15, 0.2) is 62.8 Å². The Bertz CT molecular complexity index is 834. The van der Waals surface area contributed by atoms with Crippen molar-refractivity contribution >= 4 is 37.9 Å². The van der Waals surface area contributed by atoms with E-state index in [9.17, 15) is 13.5 Å². The summed E-state index contributed by atoms with van der Waals surface area (Å²) in [6.07, 6.45) is 1.40. The Morgan fingerprint density at radius 3 is 2.43 bits per heavy atom. The monoisotopic (exact) mass is 401 g/mol. The molecule has 0 aliphatic heterocycles. The first-order valence-corrected chi connectivity index (χ1v) is 8.69. The first kappa shape index (κ1) is 20.1. The molecule has 2 aromatic rings. The molecule has 0 N–H and O–H groups in total. The van der Waals surface area contributed by atoms with E-state index in [4.69, 9.17) is 0 Å². The van der Waals surface area contributed by atoms with Crippen molar-refractivity contribution in [3.8, 4) is 0 Å². The summed E-state index contributed by atoms with van der Waals surface area (Å²) in [6.45, 7) is 1.72. The van der Waals surface area contributed by atoms with E-state index >= 15 is 0 Å². The minimum Gasteiger partial charge on any atom is -0.858 e. The molecule has 23 heavy (non-hydrogen) atoms. The summed E-state index contributed by atoms with van der Waals surface area (Å²) in [5.74, 6) is -0.775. The van der Waals surface area contributed by atoms with Crippen LogP contribution in [0.1, 0.15) is 16.7 Å². The maximum Gasteiger partial charge on any atom is 1.00 e. The van der Waals surface area contributed by atoms with Crippen LogP contribution < -0.4 is 34.7 Å². The van der Waals surface area contributed by atoms with Crippen LogP contribution in [-0.2, 0) is 10.0 Å². The molecule has 4 nitrogen and oxygen atoms in total. The van der Waals surface area contributed by atoms with Crippen molar-refractivity contribution in [3.05, 3.63) is 75.1 Å². The first-order chi connectivity index (χ1) is 10.4. The van der Waals surface area contributed by atoms with Gasteiger partial charge in [0.25, 0.3) is 10.0 Å². The number of hydrogen-bond acceptors (Lipinski definition) is 3. The number of hydrogen-bond donors (Lipinski definition) is 0. The van der Waals surface area contributed by atoms with E-state index in [0.717, 1.165) is 9.88 Å². The van der Waals surface area contributed by atoms with Gasteiger partial charge in [-0.05, 0) is 41.8 Å². The van der Waals surface area contributed by atoms with E-state index in [1.165, 1.54) is 6.08 Å². The quantitative estimate of drug-likeness (QED) is 0.407. The van der Waals surface area contributed by atoms with Gasteiger partial charge in [0.1, 0.15) is 0 Å². The van der Waals surface area contributed by atoms with Gasteiger partial charge < -0.3 is 5.11 Å². The van der Waals surface area contributed by atoms with Crippen molar-refractivity contribution in [1.29, 1.82) is 0 Å². The van der Waals surface area contributed by atoms with E-state index in [2.05, 4.69) is 20.3 Å². The Morgan fingerprint density at radius 1 is 1.17 bits per heavy atom.